The number of hydrogen-bond donors (Lipinski definition) is 1. The molecule has 0 aromatic rings. The van der Waals surface area contributed by atoms with Gasteiger partial charge in [0.25, 0.3) is 0 Å². The third-order valence-electron chi connectivity index (χ3n) is 4.38. The summed E-state index contributed by atoms with van der Waals surface area (Å²) >= 11 is 0. The van der Waals surface area contributed by atoms with Crippen LogP contribution in [0.25, 0.3) is 0 Å². The van der Waals surface area contributed by atoms with Gasteiger partial charge in [0.2, 0.25) is 0 Å². The van der Waals surface area contributed by atoms with Crippen LogP contribution in [0.2, 0.25) is 0 Å². The molecular weight excluding hydrogens is 280 g/mol. The highest BCUT2D eigenvalue weighted by Crippen LogP contribution is 2.31. The molecule has 1 aliphatic rings. The van der Waals surface area contributed by atoms with Gasteiger partial charge in [-0.3, -0.25) is 4.79 Å². The summed E-state index contributed by atoms with van der Waals surface area (Å²) in [6.45, 7) is 0. The van der Waals surface area contributed by atoms with Gasteiger partial charge in [0.05, 0.1) is 12.2 Å². The van der Waals surface area contributed by atoms with Crippen LogP contribution in [0.15, 0.2) is 0 Å². The van der Waals surface area contributed by atoms with Crippen molar-refractivity contribution in [3.63, 3.8) is 0 Å². The van der Waals surface area contributed by atoms with Gasteiger partial charge < -0.3 is 14.6 Å². The first kappa shape index (κ1) is 19.1. The highest BCUT2D eigenvalue weighted by atomic mass is 16.6. The van der Waals surface area contributed by atoms with Crippen LogP contribution in [0, 0.1) is 0 Å². The summed E-state index contributed by atoms with van der Waals surface area (Å²) in [7, 11) is 0. The van der Waals surface area contributed by atoms with Gasteiger partial charge in [-0.25, -0.2) is 0 Å². The maximum absolute atomic E-state index is 10.4. The molecule has 2 atom stereocenters. The van der Waals surface area contributed by atoms with Crippen LogP contribution in [0.4, 0.5) is 0 Å². The third-order valence-corrected chi connectivity index (χ3v) is 4.38. The number of carbonyl (C=O) groups is 2. The third kappa shape index (κ3) is 10.8. The van der Waals surface area contributed by atoms with E-state index >= 15 is 0 Å². The van der Waals surface area contributed by atoms with Crippen LogP contribution >= 0.6 is 0 Å². The monoisotopic (exact) mass is 312 g/mol. The second-order valence-corrected chi connectivity index (χ2v) is 6.42. The Bertz CT molecular complexity index is 303. The fraction of sp³-hybridized carbons (Fsp3) is 0.889. The molecular formula is C18H32O4. The maximum Gasteiger partial charge on any atom is 0.303 e. The first-order valence-electron chi connectivity index (χ1n) is 9.05. The Morgan fingerprint density at radius 1 is 0.818 bits per heavy atom. The number of aldehydes is 1. The fourth-order valence-corrected chi connectivity index (χ4v) is 2.94. The first-order valence-corrected chi connectivity index (χ1v) is 9.05. The quantitative estimate of drug-likeness (QED) is 0.259. The van der Waals surface area contributed by atoms with E-state index in [0.717, 1.165) is 32.0 Å². The molecule has 1 aliphatic heterocycles. The van der Waals surface area contributed by atoms with Gasteiger partial charge in [-0.15, -0.1) is 0 Å². The minimum Gasteiger partial charge on any atom is -0.481 e. The Morgan fingerprint density at radius 3 is 1.86 bits per heavy atom. The Kier molecular flexibility index (Phi) is 11.0. The van der Waals surface area contributed by atoms with Crippen molar-refractivity contribution in [2.24, 2.45) is 0 Å². The molecule has 1 heterocycles. The van der Waals surface area contributed by atoms with Gasteiger partial charge in [0.1, 0.15) is 6.29 Å². The molecule has 0 aromatic heterocycles. The summed E-state index contributed by atoms with van der Waals surface area (Å²) < 4.78 is 5.70. The van der Waals surface area contributed by atoms with E-state index in [2.05, 4.69) is 0 Å². The largest absolute Gasteiger partial charge is 0.481 e. The summed E-state index contributed by atoms with van der Waals surface area (Å²) in [4.78, 5) is 20.5. The molecule has 4 nitrogen and oxygen atoms in total. The van der Waals surface area contributed by atoms with Gasteiger partial charge in [0.15, 0.2) is 0 Å². The summed E-state index contributed by atoms with van der Waals surface area (Å²) in [6.07, 6.45) is 16.7. The van der Waals surface area contributed by atoms with Crippen LogP contribution in [0.3, 0.4) is 0 Å². The second-order valence-electron chi connectivity index (χ2n) is 6.42. The molecule has 1 N–H and O–H groups in total. The van der Waals surface area contributed by atoms with Gasteiger partial charge in [-0.1, -0.05) is 51.4 Å². The van der Waals surface area contributed by atoms with Crippen molar-refractivity contribution >= 4 is 12.3 Å². The van der Waals surface area contributed by atoms with E-state index in [4.69, 9.17) is 9.84 Å². The number of carboxylic acids is 1. The van der Waals surface area contributed by atoms with Gasteiger partial charge in [-0.2, -0.15) is 0 Å². The van der Waals surface area contributed by atoms with E-state index in [1.54, 1.807) is 0 Å². The summed E-state index contributed by atoms with van der Waals surface area (Å²) in [5.41, 5.74) is 0. The van der Waals surface area contributed by atoms with Gasteiger partial charge in [0, 0.05) is 12.8 Å². The highest BCUT2D eigenvalue weighted by molar-refractivity contribution is 5.66. The first-order chi connectivity index (χ1) is 10.7. The molecule has 0 radical (unpaired) electrons. The van der Waals surface area contributed by atoms with Crippen molar-refractivity contribution in [1.29, 1.82) is 0 Å². The number of carbonyl (C=O) groups excluding carboxylic acids is 1. The van der Waals surface area contributed by atoms with Crippen molar-refractivity contribution in [1.82, 2.24) is 0 Å². The lowest BCUT2D eigenvalue weighted by atomic mass is 10.0. The zero-order valence-electron chi connectivity index (χ0n) is 13.8. The van der Waals surface area contributed by atoms with Crippen LogP contribution in [-0.4, -0.2) is 29.6 Å². The van der Waals surface area contributed by atoms with Crippen LogP contribution in [-0.2, 0) is 14.3 Å². The zero-order valence-corrected chi connectivity index (χ0v) is 13.8. The maximum atomic E-state index is 10.4. The molecule has 0 saturated carbocycles. The van der Waals surface area contributed by atoms with E-state index in [1.807, 2.05) is 0 Å². The van der Waals surface area contributed by atoms with Crippen molar-refractivity contribution in [3.05, 3.63) is 0 Å². The van der Waals surface area contributed by atoms with E-state index in [1.165, 1.54) is 51.4 Å². The normalized spacial score (nSPS) is 20.0. The second kappa shape index (κ2) is 12.6. The molecule has 0 spiro atoms. The molecule has 0 amide bonds. The Balaban J connectivity index is 1.77. The topological polar surface area (TPSA) is 66.9 Å². The van der Waals surface area contributed by atoms with Crippen molar-refractivity contribution in [3.8, 4) is 0 Å². The molecule has 0 aromatic carbocycles. The molecule has 128 valence electrons. The predicted octanol–water partition coefficient (Wildman–Crippen LogP) is 4.50. The standard InChI is InChI=1S/C18H32O4/c19-15-11-7-2-1-4-8-12-16-17(22-16)13-9-5-3-6-10-14-18(20)21/h15-17H,1-14H2,(H,20,21). The highest BCUT2D eigenvalue weighted by Gasteiger charge is 2.36. The minimum atomic E-state index is -0.682. The molecule has 2 unspecified atom stereocenters. The molecule has 1 rings (SSSR count). The number of unbranched alkanes of at least 4 members (excludes halogenated alkanes) is 9. The minimum absolute atomic E-state index is 0.308. The SMILES string of the molecule is O=CCCCCCCCC1OC1CCCCCCCC(=O)O. The predicted molar refractivity (Wildman–Crippen MR) is 87.0 cm³/mol. The number of epoxide rings is 1. The molecule has 1 fully saturated rings. The number of carboxylic acid groups (broad SMARTS) is 1. The lowest BCUT2D eigenvalue weighted by Gasteiger charge is -2.00. The van der Waals surface area contributed by atoms with Crippen molar-refractivity contribution < 1.29 is 19.4 Å². The number of rotatable bonds is 16. The van der Waals surface area contributed by atoms with Gasteiger partial charge >= 0.3 is 5.97 Å². The Hall–Kier alpha value is -0.900. The Labute approximate surface area is 134 Å². The zero-order chi connectivity index (χ0) is 16.0. The van der Waals surface area contributed by atoms with E-state index in [9.17, 15) is 9.59 Å². The number of aliphatic carboxylic acids is 1. The van der Waals surface area contributed by atoms with Crippen LogP contribution < -0.4 is 0 Å². The fourth-order valence-electron chi connectivity index (χ4n) is 2.94. The van der Waals surface area contributed by atoms with Crippen molar-refractivity contribution in [2.45, 2.75) is 102 Å². The van der Waals surface area contributed by atoms with Crippen LogP contribution in [0.1, 0.15) is 89.9 Å². The van der Waals surface area contributed by atoms with E-state index < -0.39 is 5.97 Å². The van der Waals surface area contributed by atoms with Gasteiger partial charge in [-0.05, 0) is 25.7 Å². The smallest absolute Gasteiger partial charge is 0.303 e. The summed E-state index contributed by atoms with van der Waals surface area (Å²) in [6, 6.07) is 0. The average molecular weight is 312 g/mol. The van der Waals surface area contributed by atoms with E-state index in [0.29, 0.717) is 25.0 Å². The number of hydrogen-bond acceptors (Lipinski definition) is 3. The average Bonchev–Trinajstić information content (AvgIpc) is 3.23. The molecule has 22 heavy (non-hydrogen) atoms. The molecule has 0 bridgehead atoms. The Morgan fingerprint density at radius 2 is 1.32 bits per heavy atom. The lowest BCUT2D eigenvalue weighted by Crippen LogP contribution is -1.95. The van der Waals surface area contributed by atoms with E-state index in [-0.39, 0.29) is 0 Å². The molecule has 0 aliphatic carbocycles. The number of ether oxygens (including phenoxy) is 1. The molecule has 4 heteroatoms. The van der Waals surface area contributed by atoms with Crippen LogP contribution in [0.5, 0.6) is 0 Å². The summed E-state index contributed by atoms with van der Waals surface area (Å²) in [5, 5.41) is 8.54. The summed E-state index contributed by atoms with van der Waals surface area (Å²) in [5.74, 6) is -0.682. The van der Waals surface area contributed by atoms with Crippen molar-refractivity contribution in [2.75, 3.05) is 0 Å². The lowest BCUT2D eigenvalue weighted by molar-refractivity contribution is -0.137. The molecule has 1 saturated heterocycles.